The standard InChI is InChI=1S/C18H21BrFN3O4/c1-2-27-18(26)14-15(24)13-12(19)3-6-21-16(13)23(17(14)25)10-9-22-7-4-11(20)5-8-22/h3,6,11,24H,2,4-5,7-10H2,1H3. The fourth-order valence-corrected chi connectivity index (χ4v) is 3.75. The molecule has 0 radical (unpaired) electrons. The fraction of sp³-hybridized carbons (Fsp3) is 0.500. The highest BCUT2D eigenvalue weighted by Gasteiger charge is 2.26. The van der Waals surface area contributed by atoms with Crippen LogP contribution in [0.15, 0.2) is 21.5 Å². The van der Waals surface area contributed by atoms with Gasteiger partial charge in [-0.15, -0.1) is 0 Å². The minimum absolute atomic E-state index is 0.0855. The van der Waals surface area contributed by atoms with Gasteiger partial charge in [0.2, 0.25) is 0 Å². The van der Waals surface area contributed by atoms with Gasteiger partial charge in [0.1, 0.15) is 17.6 Å². The molecule has 7 nitrogen and oxygen atoms in total. The Hall–Kier alpha value is -2.00. The number of piperidine rings is 1. The van der Waals surface area contributed by atoms with Crippen molar-refractivity contribution in [1.82, 2.24) is 14.5 Å². The number of rotatable bonds is 5. The van der Waals surface area contributed by atoms with Gasteiger partial charge in [-0.3, -0.25) is 9.36 Å². The van der Waals surface area contributed by atoms with E-state index in [0.717, 1.165) is 0 Å². The first-order chi connectivity index (χ1) is 12.9. The number of esters is 1. The smallest absolute Gasteiger partial charge is 0.347 e. The third-order valence-electron chi connectivity index (χ3n) is 4.70. The number of aromatic hydroxyl groups is 1. The van der Waals surface area contributed by atoms with Crippen LogP contribution in [0.5, 0.6) is 5.75 Å². The van der Waals surface area contributed by atoms with Crippen LogP contribution in [0.1, 0.15) is 30.1 Å². The SMILES string of the molecule is CCOC(=O)c1c(O)c2c(Br)ccnc2n(CCN2CCC(F)CC2)c1=O. The predicted molar refractivity (Wildman–Crippen MR) is 102 cm³/mol. The average Bonchev–Trinajstić information content (AvgIpc) is 2.63. The number of likely N-dealkylation sites (tertiary alicyclic amines) is 1. The molecule has 0 saturated carbocycles. The van der Waals surface area contributed by atoms with Gasteiger partial charge in [-0.25, -0.2) is 14.2 Å². The highest BCUT2D eigenvalue weighted by molar-refractivity contribution is 9.10. The van der Waals surface area contributed by atoms with Crippen LogP contribution in [0.3, 0.4) is 0 Å². The van der Waals surface area contributed by atoms with Crippen LogP contribution in [-0.4, -0.2) is 57.9 Å². The molecule has 1 fully saturated rings. The van der Waals surface area contributed by atoms with Gasteiger partial charge in [0.05, 0.1) is 12.0 Å². The van der Waals surface area contributed by atoms with E-state index in [2.05, 4.69) is 25.8 Å². The lowest BCUT2D eigenvalue weighted by Gasteiger charge is -2.28. The second-order valence-electron chi connectivity index (χ2n) is 6.41. The molecule has 1 aliphatic heterocycles. The maximum atomic E-state index is 13.3. The van der Waals surface area contributed by atoms with E-state index in [4.69, 9.17) is 4.74 Å². The van der Waals surface area contributed by atoms with Crippen LogP contribution in [0.4, 0.5) is 4.39 Å². The van der Waals surface area contributed by atoms with Crippen molar-refractivity contribution < 1.29 is 19.0 Å². The first-order valence-electron chi connectivity index (χ1n) is 8.87. The topological polar surface area (TPSA) is 84.7 Å². The van der Waals surface area contributed by atoms with Crippen LogP contribution in [-0.2, 0) is 11.3 Å². The zero-order valence-electron chi connectivity index (χ0n) is 15.0. The molecule has 0 unspecified atom stereocenters. The fourth-order valence-electron chi connectivity index (χ4n) is 3.27. The molecule has 3 heterocycles. The summed E-state index contributed by atoms with van der Waals surface area (Å²) in [5.74, 6) is -1.31. The molecular weight excluding hydrogens is 421 g/mol. The van der Waals surface area contributed by atoms with Crippen molar-refractivity contribution in [3.8, 4) is 5.75 Å². The summed E-state index contributed by atoms with van der Waals surface area (Å²) in [7, 11) is 0. The molecule has 2 aromatic rings. The summed E-state index contributed by atoms with van der Waals surface area (Å²) in [5.41, 5.74) is -0.773. The molecule has 3 rings (SSSR count). The number of ether oxygens (including phenoxy) is 1. The third-order valence-corrected chi connectivity index (χ3v) is 5.37. The quantitative estimate of drug-likeness (QED) is 0.717. The Labute approximate surface area is 163 Å². The maximum Gasteiger partial charge on any atom is 0.347 e. The van der Waals surface area contributed by atoms with E-state index in [9.17, 15) is 19.1 Å². The van der Waals surface area contributed by atoms with Crippen LogP contribution < -0.4 is 5.56 Å². The van der Waals surface area contributed by atoms with Crippen molar-refractivity contribution in [1.29, 1.82) is 0 Å². The zero-order chi connectivity index (χ0) is 19.6. The number of hydrogen-bond acceptors (Lipinski definition) is 6. The van der Waals surface area contributed by atoms with E-state index >= 15 is 0 Å². The highest BCUT2D eigenvalue weighted by Crippen LogP contribution is 2.32. The normalized spacial score (nSPS) is 16.0. The molecule has 9 heteroatoms. The maximum absolute atomic E-state index is 13.3. The van der Waals surface area contributed by atoms with E-state index in [0.29, 0.717) is 36.9 Å². The zero-order valence-corrected chi connectivity index (χ0v) is 16.5. The predicted octanol–water partition coefficient (Wildman–Crippen LogP) is 2.48. The Kier molecular flexibility index (Phi) is 6.11. The summed E-state index contributed by atoms with van der Waals surface area (Å²) in [6.45, 7) is 3.73. The van der Waals surface area contributed by atoms with Gasteiger partial charge in [-0.2, -0.15) is 0 Å². The number of aromatic nitrogens is 2. The first kappa shape index (κ1) is 19.8. The number of hydrogen-bond donors (Lipinski definition) is 1. The van der Waals surface area contributed by atoms with Crippen molar-refractivity contribution in [2.45, 2.75) is 32.5 Å². The minimum Gasteiger partial charge on any atom is -0.506 e. The first-order valence-corrected chi connectivity index (χ1v) is 9.66. The van der Waals surface area contributed by atoms with Gasteiger partial charge in [0, 0.05) is 36.8 Å². The van der Waals surface area contributed by atoms with Gasteiger partial charge < -0.3 is 14.7 Å². The molecule has 0 aliphatic carbocycles. The van der Waals surface area contributed by atoms with E-state index in [1.165, 1.54) is 10.8 Å². The number of nitrogens with zero attached hydrogens (tertiary/aromatic N) is 3. The lowest BCUT2D eigenvalue weighted by molar-refractivity contribution is 0.0520. The summed E-state index contributed by atoms with van der Waals surface area (Å²) in [6, 6.07) is 1.62. The van der Waals surface area contributed by atoms with Gasteiger partial charge in [-0.05, 0) is 41.8 Å². The Morgan fingerprint density at radius 2 is 2.11 bits per heavy atom. The molecule has 0 atom stereocenters. The summed E-state index contributed by atoms with van der Waals surface area (Å²) >= 11 is 3.34. The summed E-state index contributed by atoms with van der Waals surface area (Å²) in [5, 5.41) is 10.8. The molecule has 1 aliphatic rings. The van der Waals surface area contributed by atoms with Crippen molar-refractivity contribution in [3.05, 3.63) is 32.7 Å². The molecular formula is C18H21BrFN3O4. The lowest BCUT2D eigenvalue weighted by atomic mass is 10.1. The number of halogens is 2. The van der Waals surface area contributed by atoms with Crippen LogP contribution in [0, 0.1) is 0 Å². The minimum atomic E-state index is -0.871. The van der Waals surface area contributed by atoms with E-state index in [1.54, 1.807) is 13.0 Å². The largest absolute Gasteiger partial charge is 0.506 e. The Bertz CT molecular complexity index is 910. The van der Waals surface area contributed by atoms with E-state index < -0.39 is 29.0 Å². The van der Waals surface area contributed by atoms with Gasteiger partial charge >= 0.3 is 5.97 Å². The van der Waals surface area contributed by atoms with Crippen molar-refractivity contribution in [2.75, 3.05) is 26.2 Å². The number of pyridine rings is 2. The average molecular weight is 442 g/mol. The van der Waals surface area contributed by atoms with Crippen LogP contribution in [0.25, 0.3) is 11.0 Å². The van der Waals surface area contributed by atoms with Crippen molar-refractivity contribution >= 4 is 32.9 Å². The van der Waals surface area contributed by atoms with Gasteiger partial charge in [0.15, 0.2) is 5.56 Å². The van der Waals surface area contributed by atoms with Crippen molar-refractivity contribution in [2.24, 2.45) is 0 Å². The second-order valence-corrected chi connectivity index (χ2v) is 7.26. The molecule has 146 valence electrons. The molecule has 0 spiro atoms. The van der Waals surface area contributed by atoms with Crippen LogP contribution in [0.2, 0.25) is 0 Å². The molecule has 1 saturated heterocycles. The monoisotopic (exact) mass is 441 g/mol. The van der Waals surface area contributed by atoms with Crippen LogP contribution >= 0.6 is 15.9 Å². The van der Waals surface area contributed by atoms with Crippen molar-refractivity contribution in [3.63, 3.8) is 0 Å². The molecule has 2 aromatic heterocycles. The van der Waals surface area contributed by atoms with E-state index in [1.807, 2.05) is 0 Å². The molecule has 1 N–H and O–H groups in total. The van der Waals surface area contributed by atoms with Gasteiger partial charge in [-0.1, -0.05) is 0 Å². The molecule has 0 amide bonds. The Balaban J connectivity index is 2.03. The Morgan fingerprint density at radius 3 is 2.78 bits per heavy atom. The number of fused-ring (bicyclic) bond motifs is 1. The summed E-state index contributed by atoms with van der Waals surface area (Å²) < 4.78 is 20.1. The number of carbonyl (C=O) groups excluding carboxylic acids is 1. The molecule has 0 bridgehead atoms. The lowest BCUT2D eigenvalue weighted by Crippen LogP contribution is -2.38. The van der Waals surface area contributed by atoms with Gasteiger partial charge in [0.25, 0.3) is 5.56 Å². The Morgan fingerprint density at radius 1 is 1.41 bits per heavy atom. The third kappa shape index (κ3) is 3.98. The second kappa shape index (κ2) is 8.35. The summed E-state index contributed by atoms with van der Waals surface area (Å²) in [4.78, 5) is 31.5. The number of carbonyl (C=O) groups is 1. The summed E-state index contributed by atoms with van der Waals surface area (Å²) in [6.07, 6.45) is 1.69. The number of alkyl halides is 1. The van der Waals surface area contributed by atoms with E-state index in [-0.39, 0.29) is 24.2 Å². The molecule has 27 heavy (non-hydrogen) atoms. The molecule has 0 aromatic carbocycles. The highest BCUT2D eigenvalue weighted by atomic mass is 79.9.